The lowest BCUT2D eigenvalue weighted by Crippen LogP contribution is -1.99. The van der Waals surface area contributed by atoms with Gasteiger partial charge in [-0.1, -0.05) is 11.8 Å². The van der Waals surface area contributed by atoms with Crippen LogP contribution >= 0.6 is 11.8 Å². The van der Waals surface area contributed by atoms with Gasteiger partial charge >= 0.3 is 5.97 Å². The molecule has 2 rings (SSSR count). The first-order valence-corrected chi connectivity index (χ1v) is 6.12. The molecule has 19 heavy (non-hydrogen) atoms. The summed E-state index contributed by atoms with van der Waals surface area (Å²) in [5, 5.41) is 9.28. The number of benzene rings is 1. The van der Waals surface area contributed by atoms with Crippen molar-refractivity contribution in [2.45, 2.75) is 16.8 Å². The third-order valence-corrected chi connectivity index (χ3v) is 3.25. The molecular formula is C13H9F2NO2S. The summed E-state index contributed by atoms with van der Waals surface area (Å²) in [6, 6.07) is 5.98. The Kier molecular flexibility index (Phi) is 3.80. The van der Waals surface area contributed by atoms with E-state index in [0.717, 1.165) is 23.9 Å². The van der Waals surface area contributed by atoms with Gasteiger partial charge in [0, 0.05) is 16.7 Å². The van der Waals surface area contributed by atoms with Gasteiger partial charge in [0.25, 0.3) is 0 Å². The largest absolute Gasteiger partial charge is 0.478 e. The molecule has 1 heterocycles. The maximum Gasteiger partial charge on any atom is 0.335 e. The topological polar surface area (TPSA) is 50.2 Å². The summed E-state index contributed by atoms with van der Waals surface area (Å²) < 4.78 is 26.3. The lowest BCUT2D eigenvalue weighted by molar-refractivity contribution is 0.0696. The molecule has 0 saturated carbocycles. The summed E-state index contributed by atoms with van der Waals surface area (Å²) in [5.41, 5.74) is 0.599. The monoisotopic (exact) mass is 281 g/mol. The molecule has 2 aromatic rings. The summed E-state index contributed by atoms with van der Waals surface area (Å²) in [6.45, 7) is 1.65. The Morgan fingerprint density at radius 3 is 2.63 bits per heavy atom. The first-order chi connectivity index (χ1) is 8.95. The molecule has 1 aromatic carbocycles. The fourth-order valence-electron chi connectivity index (χ4n) is 1.48. The molecule has 1 N–H and O–H groups in total. The number of rotatable bonds is 3. The summed E-state index contributed by atoms with van der Waals surface area (Å²) in [4.78, 5) is 15.2. The number of aromatic nitrogens is 1. The number of aryl methyl sites for hydroxylation is 1. The normalized spacial score (nSPS) is 10.5. The van der Waals surface area contributed by atoms with E-state index in [1.807, 2.05) is 0 Å². The standard InChI is InChI=1S/C13H9F2NO2S/c1-7-4-8(13(17)18)5-12(16-7)19-11-3-2-9(14)6-10(11)15/h2-6H,1H3,(H,17,18). The van der Waals surface area contributed by atoms with Crippen LogP contribution in [0.4, 0.5) is 8.78 Å². The van der Waals surface area contributed by atoms with Crippen molar-refractivity contribution in [1.29, 1.82) is 0 Å². The fourth-order valence-corrected chi connectivity index (χ4v) is 2.38. The maximum absolute atomic E-state index is 13.5. The van der Waals surface area contributed by atoms with E-state index in [-0.39, 0.29) is 10.5 Å². The number of aromatic carboxylic acids is 1. The van der Waals surface area contributed by atoms with Gasteiger partial charge in [0.2, 0.25) is 0 Å². The molecule has 0 fully saturated rings. The van der Waals surface area contributed by atoms with Gasteiger partial charge in [-0.2, -0.15) is 0 Å². The van der Waals surface area contributed by atoms with Crippen molar-refractivity contribution in [1.82, 2.24) is 4.98 Å². The number of hydrogen-bond donors (Lipinski definition) is 1. The molecule has 0 bridgehead atoms. The minimum atomic E-state index is -1.08. The minimum Gasteiger partial charge on any atom is -0.478 e. The van der Waals surface area contributed by atoms with E-state index in [2.05, 4.69) is 4.98 Å². The lowest BCUT2D eigenvalue weighted by atomic mass is 10.2. The summed E-state index contributed by atoms with van der Waals surface area (Å²) in [7, 11) is 0. The molecule has 0 atom stereocenters. The molecule has 0 radical (unpaired) electrons. The third-order valence-electron chi connectivity index (χ3n) is 2.29. The van der Waals surface area contributed by atoms with Gasteiger partial charge in [0.1, 0.15) is 16.7 Å². The third kappa shape index (κ3) is 3.29. The molecule has 3 nitrogen and oxygen atoms in total. The van der Waals surface area contributed by atoms with Crippen molar-refractivity contribution in [3.05, 3.63) is 53.2 Å². The van der Waals surface area contributed by atoms with Crippen LogP contribution in [0.1, 0.15) is 16.1 Å². The van der Waals surface area contributed by atoms with Gasteiger partial charge in [0.05, 0.1) is 5.56 Å². The number of carboxylic acid groups (broad SMARTS) is 1. The van der Waals surface area contributed by atoms with Crippen molar-refractivity contribution in [3.63, 3.8) is 0 Å². The molecule has 0 aliphatic rings. The number of pyridine rings is 1. The second-order valence-electron chi connectivity index (χ2n) is 3.82. The highest BCUT2D eigenvalue weighted by Crippen LogP contribution is 2.29. The Hall–Kier alpha value is -1.95. The Labute approximate surface area is 112 Å². The number of halogens is 2. The highest BCUT2D eigenvalue weighted by Gasteiger charge is 2.10. The Morgan fingerprint density at radius 2 is 2.00 bits per heavy atom. The van der Waals surface area contributed by atoms with Crippen LogP contribution in [-0.4, -0.2) is 16.1 Å². The first-order valence-electron chi connectivity index (χ1n) is 5.30. The second kappa shape index (κ2) is 5.36. The molecule has 98 valence electrons. The van der Waals surface area contributed by atoms with Crippen molar-refractivity contribution in [2.24, 2.45) is 0 Å². The average molecular weight is 281 g/mol. The van der Waals surface area contributed by atoms with Crippen molar-refractivity contribution in [2.75, 3.05) is 0 Å². The molecule has 0 unspecified atom stereocenters. The SMILES string of the molecule is Cc1cc(C(=O)O)cc(Sc2ccc(F)cc2F)n1. The summed E-state index contributed by atoms with van der Waals surface area (Å²) in [5.74, 6) is -2.44. The van der Waals surface area contributed by atoms with Crippen LogP contribution < -0.4 is 0 Å². The quantitative estimate of drug-likeness (QED) is 0.935. The highest BCUT2D eigenvalue weighted by atomic mass is 32.2. The molecule has 0 saturated heterocycles. The van der Waals surface area contributed by atoms with Crippen molar-refractivity contribution >= 4 is 17.7 Å². The first kappa shape index (κ1) is 13.5. The van der Waals surface area contributed by atoms with Crippen LogP contribution in [-0.2, 0) is 0 Å². The lowest BCUT2D eigenvalue weighted by Gasteiger charge is -2.05. The van der Waals surface area contributed by atoms with Gasteiger partial charge in [-0.3, -0.25) is 0 Å². The van der Waals surface area contributed by atoms with Crippen LogP contribution in [0.2, 0.25) is 0 Å². The molecule has 1 aromatic heterocycles. The van der Waals surface area contributed by atoms with E-state index < -0.39 is 17.6 Å². The van der Waals surface area contributed by atoms with Crippen molar-refractivity contribution < 1.29 is 18.7 Å². The van der Waals surface area contributed by atoms with E-state index in [1.54, 1.807) is 6.92 Å². The molecule has 6 heteroatoms. The summed E-state index contributed by atoms with van der Waals surface area (Å²) in [6.07, 6.45) is 0. The van der Waals surface area contributed by atoms with E-state index in [0.29, 0.717) is 10.7 Å². The van der Waals surface area contributed by atoms with E-state index >= 15 is 0 Å². The van der Waals surface area contributed by atoms with E-state index in [4.69, 9.17) is 5.11 Å². The number of carboxylic acids is 1. The molecular weight excluding hydrogens is 272 g/mol. The maximum atomic E-state index is 13.5. The number of carbonyl (C=O) groups is 1. The molecule has 0 spiro atoms. The second-order valence-corrected chi connectivity index (χ2v) is 4.88. The van der Waals surface area contributed by atoms with Crippen LogP contribution in [0.25, 0.3) is 0 Å². The number of nitrogens with zero attached hydrogens (tertiary/aromatic N) is 1. The predicted molar refractivity (Wildman–Crippen MR) is 66.4 cm³/mol. The summed E-state index contributed by atoms with van der Waals surface area (Å²) >= 11 is 0.953. The molecule has 0 aliphatic heterocycles. The van der Waals surface area contributed by atoms with Gasteiger partial charge in [-0.15, -0.1) is 0 Å². The zero-order valence-electron chi connectivity index (χ0n) is 9.85. The van der Waals surface area contributed by atoms with Gasteiger partial charge in [0.15, 0.2) is 0 Å². The van der Waals surface area contributed by atoms with Crippen molar-refractivity contribution in [3.8, 4) is 0 Å². The highest BCUT2D eigenvalue weighted by molar-refractivity contribution is 7.99. The van der Waals surface area contributed by atoms with Crippen LogP contribution in [0.5, 0.6) is 0 Å². The average Bonchev–Trinajstić information content (AvgIpc) is 2.32. The van der Waals surface area contributed by atoms with Crippen LogP contribution in [0.3, 0.4) is 0 Å². The zero-order chi connectivity index (χ0) is 14.0. The number of hydrogen-bond acceptors (Lipinski definition) is 3. The van der Waals surface area contributed by atoms with Crippen LogP contribution in [0, 0.1) is 18.6 Å². The Morgan fingerprint density at radius 1 is 1.26 bits per heavy atom. The Balaban J connectivity index is 2.35. The Bertz CT molecular complexity index is 647. The van der Waals surface area contributed by atoms with E-state index in [9.17, 15) is 13.6 Å². The van der Waals surface area contributed by atoms with Crippen LogP contribution in [0.15, 0.2) is 40.3 Å². The molecule has 0 amide bonds. The predicted octanol–water partition coefficient (Wildman–Crippen LogP) is 3.52. The fraction of sp³-hybridized carbons (Fsp3) is 0.0769. The van der Waals surface area contributed by atoms with Gasteiger partial charge < -0.3 is 5.11 Å². The van der Waals surface area contributed by atoms with Gasteiger partial charge in [-0.25, -0.2) is 18.6 Å². The smallest absolute Gasteiger partial charge is 0.335 e. The zero-order valence-corrected chi connectivity index (χ0v) is 10.7. The molecule has 0 aliphatic carbocycles. The van der Waals surface area contributed by atoms with Gasteiger partial charge in [-0.05, 0) is 31.2 Å². The minimum absolute atomic E-state index is 0.0810. The van der Waals surface area contributed by atoms with E-state index in [1.165, 1.54) is 18.2 Å².